The van der Waals surface area contributed by atoms with E-state index >= 15 is 0 Å². The monoisotopic (exact) mass is 357 g/mol. The Labute approximate surface area is 135 Å². The highest BCUT2D eigenvalue weighted by atomic mass is 35.5. The van der Waals surface area contributed by atoms with Gasteiger partial charge in [0.25, 0.3) is 5.91 Å². The molecule has 0 fully saturated rings. The van der Waals surface area contributed by atoms with Gasteiger partial charge in [-0.3, -0.25) is 9.59 Å². The van der Waals surface area contributed by atoms with E-state index in [1.165, 1.54) is 12.1 Å². The molecule has 0 aliphatic carbocycles. The molecule has 0 saturated carbocycles. The molecule has 0 radical (unpaired) electrons. The zero-order valence-electron chi connectivity index (χ0n) is 11.3. The van der Waals surface area contributed by atoms with E-state index in [0.29, 0.717) is 0 Å². The lowest BCUT2D eigenvalue weighted by atomic mass is 10.1. The molecule has 10 heteroatoms. The summed E-state index contributed by atoms with van der Waals surface area (Å²) in [5, 5.41) is 4.81. The van der Waals surface area contributed by atoms with Gasteiger partial charge in [-0.2, -0.15) is 13.2 Å². The molecular formula is C12H15ClF3N3O2S. The number of carbonyl (C=O) groups is 2. The molecule has 0 aliphatic heterocycles. The average molecular weight is 358 g/mol. The van der Waals surface area contributed by atoms with Gasteiger partial charge in [0.1, 0.15) is 0 Å². The minimum Gasteiger partial charge on any atom is -0.351 e. The topological polar surface area (TPSA) is 84.2 Å². The van der Waals surface area contributed by atoms with Crippen LogP contribution in [0.2, 0.25) is 0 Å². The van der Waals surface area contributed by atoms with Crippen LogP contribution in [0.25, 0.3) is 0 Å². The molecule has 0 spiro atoms. The first-order valence-corrected chi connectivity index (χ1v) is 6.90. The predicted octanol–water partition coefficient (Wildman–Crippen LogP) is 1.99. The number of carbonyl (C=O) groups excluding carboxylic acids is 2. The van der Waals surface area contributed by atoms with Crippen LogP contribution in [0.4, 0.5) is 18.9 Å². The van der Waals surface area contributed by atoms with E-state index in [1.807, 2.05) is 0 Å². The molecule has 4 N–H and O–H groups in total. The van der Waals surface area contributed by atoms with Gasteiger partial charge in [-0.1, -0.05) is 12.1 Å². The summed E-state index contributed by atoms with van der Waals surface area (Å²) < 4.78 is 36.0. The number of anilines is 1. The summed E-state index contributed by atoms with van der Waals surface area (Å²) in [6.45, 7) is 0.507. The van der Waals surface area contributed by atoms with Gasteiger partial charge in [0, 0.05) is 13.1 Å². The average Bonchev–Trinajstić information content (AvgIpc) is 2.42. The third-order valence-corrected chi connectivity index (χ3v) is 2.98. The molecular weight excluding hydrogens is 343 g/mol. The highest BCUT2D eigenvalue weighted by Crippen LogP contribution is 2.30. The van der Waals surface area contributed by atoms with Crippen LogP contribution in [0, 0.1) is 0 Å². The molecule has 1 aromatic carbocycles. The summed E-state index contributed by atoms with van der Waals surface area (Å²) in [4.78, 5) is 23.3. The van der Waals surface area contributed by atoms with Crippen molar-refractivity contribution in [3.63, 3.8) is 0 Å². The molecule has 0 saturated heterocycles. The second kappa shape index (κ2) is 9.54. The number of halogens is 4. The first kappa shape index (κ1) is 20.6. The zero-order chi connectivity index (χ0) is 15.9. The van der Waals surface area contributed by atoms with Gasteiger partial charge < -0.3 is 16.4 Å². The lowest BCUT2D eigenvalue weighted by Crippen LogP contribution is -2.30. The smallest absolute Gasteiger partial charge is 0.351 e. The number of nitrogens with two attached hydrogens (primary N) is 1. The van der Waals surface area contributed by atoms with Crippen molar-refractivity contribution >= 4 is 41.7 Å². The maximum Gasteiger partial charge on any atom is 0.442 e. The van der Waals surface area contributed by atoms with Crippen molar-refractivity contribution in [2.75, 3.05) is 24.2 Å². The van der Waals surface area contributed by atoms with E-state index < -0.39 is 34.8 Å². The van der Waals surface area contributed by atoms with Crippen molar-refractivity contribution in [2.24, 2.45) is 5.73 Å². The Balaban J connectivity index is 0.00000441. The van der Waals surface area contributed by atoms with Crippen LogP contribution in [0.15, 0.2) is 24.3 Å². The van der Waals surface area contributed by atoms with Gasteiger partial charge >= 0.3 is 5.51 Å². The highest BCUT2D eigenvalue weighted by Gasteiger charge is 2.29. The summed E-state index contributed by atoms with van der Waals surface area (Å²) in [6.07, 6.45) is 0. The molecule has 1 aromatic rings. The van der Waals surface area contributed by atoms with Crippen molar-refractivity contribution in [1.82, 2.24) is 5.32 Å². The third kappa shape index (κ3) is 7.53. The van der Waals surface area contributed by atoms with Gasteiger partial charge in [0.2, 0.25) is 5.91 Å². The fourth-order valence-corrected chi connectivity index (χ4v) is 1.77. The zero-order valence-corrected chi connectivity index (χ0v) is 12.9. The van der Waals surface area contributed by atoms with Crippen LogP contribution in [-0.2, 0) is 4.79 Å². The van der Waals surface area contributed by atoms with Gasteiger partial charge in [0.05, 0.1) is 17.0 Å². The van der Waals surface area contributed by atoms with Crippen LogP contribution in [0.5, 0.6) is 0 Å². The van der Waals surface area contributed by atoms with Crippen LogP contribution in [-0.4, -0.2) is 36.2 Å². The number of alkyl halides is 3. The number of nitrogens with one attached hydrogen (secondary N) is 2. The Morgan fingerprint density at radius 2 is 1.86 bits per heavy atom. The predicted molar refractivity (Wildman–Crippen MR) is 82.2 cm³/mol. The van der Waals surface area contributed by atoms with Crippen molar-refractivity contribution < 1.29 is 22.8 Å². The molecule has 0 atom stereocenters. The second-order valence-electron chi connectivity index (χ2n) is 3.87. The molecule has 0 aromatic heterocycles. The largest absolute Gasteiger partial charge is 0.442 e. The van der Waals surface area contributed by atoms with E-state index in [2.05, 4.69) is 10.6 Å². The lowest BCUT2D eigenvalue weighted by Gasteiger charge is -2.11. The maximum absolute atomic E-state index is 12.0. The SMILES string of the molecule is Cl.NCCNC(=O)c1ccccc1NC(=O)CSC(F)(F)F. The number of thioether (sulfide) groups is 1. The lowest BCUT2D eigenvalue weighted by molar-refractivity contribution is -0.114. The summed E-state index contributed by atoms with van der Waals surface area (Å²) in [6, 6.07) is 6.04. The maximum atomic E-state index is 12.0. The molecule has 22 heavy (non-hydrogen) atoms. The van der Waals surface area contributed by atoms with Gasteiger partial charge in [-0.05, 0) is 23.9 Å². The van der Waals surface area contributed by atoms with Crippen molar-refractivity contribution in [3.8, 4) is 0 Å². The molecule has 0 bridgehead atoms. The van der Waals surface area contributed by atoms with Crippen molar-refractivity contribution in [2.45, 2.75) is 5.51 Å². The van der Waals surface area contributed by atoms with E-state index in [-0.39, 0.29) is 36.7 Å². The Hall–Kier alpha value is -1.45. The Morgan fingerprint density at radius 1 is 1.23 bits per heavy atom. The minimum absolute atomic E-state index is 0. The summed E-state index contributed by atoms with van der Waals surface area (Å²) in [7, 11) is 0. The van der Waals surface area contributed by atoms with Crippen LogP contribution in [0.3, 0.4) is 0 Å². The summed E-state index contributed by atoms with van der Waals surface area (Å²) >= 11 is -0.440. The van der Waals surface area contributed by atoms with Crippen molar-refractivity contribution in [1.29, 1.82) is 0 Å². The van der Waals surface area contributed by atoms with Gasteiger partial charge in [0.15, 0.2) is 0 Å². The standard InChI is InChI=1S/C12H14F3N3O2S.ClH/c13-12(14,15)21-7-10(19)18-9-4-2-1-3-8(9)11(20)17-6-5-16;/h1-4H,5-7,16H2,(H,17,20)(H,18,19);1H. The Kier molecular flexibility index (Phi) is 8.91. The molecule has 0 aliphatic rings. The number of amides is 2. The quantitative estimate of drug-likeness (QED) is 0.727. The van der Waals surface area contributed by atoms with E-state index in [0.717, 1.165) is 0 Å². The normalized spacial score (nSPS) is 10.5. The van der Waals surface area contributed by atoms with E-state index in [9.17, 15) is 22.8 Å². The molecule has 5 nitrogen and oxygen atoms in total. The molecule has 0 heterocycles. The van der Waals surface area contributed by atoms with Crippen LogP contribution < -0.4 is 16.4 Å². The van der Waals surface area contributed by atoms with Gasteiger partial charge in [-0.15, -0.1) is 12.4 Å². The summed E-state index contributed by atoms with van der Waals surface area (Å²) in [5.74, 6) is -2.07. The van der Waals surface area contributed by atoms with E-state index in [1.54, 1.807) is 12.1 Å². The summed E-state index contributed by atoms with van der Waals surface area (Å²) in [5.41, 5.74) is 1.10. The van der Waals surface area contributed by atoms with Gasteiger partial charge in [-0.25, -0.2) is 0 Å². The third-order valence-electron chi connectivity index (χ3n) is 2.24. The number of rotatable bonds is 6. The molecule has 1 rings (SSSR count). The number of hydrogen-bond donors (Lipinski definition) is 3. The first-order chi connectivity index (χ1) is 9.83. The highest BCUT2D eigenvalue weighted by molar-refractivity contribution is 8.00. The first-order valence-electron chi connectivity index (χ1n) is 5.91. The Morgan fingerprint density at radius 3 is 2.45 bits per heavy atom. The second-order valence-corrected chi connectivity index (χ2v) is 4.91. The molecule has 124 valence electrons. The fourth-order valence-electron chi connectivity index (χ4n) is 1.40. The number of hydrogen-bond acceptors (Lipinski definition) is 4. The van der Waals surface area contributed by atoms with Crippen molar-refractivity contribution in [3.05, 3.63) is 29.8 Å². The number of benzene rings is 1. The van der Waals surface area contributed by atoms with E-state index in [4.69, 9.17) is 5.73 Å². The minimum atomic E-state index is -4.48. The van der Waals surface area contributed by atoms with Crippen LogP contribution in [0.1, 0.15) is 10.4 Å². The fraction of sp³-hybridized carbons (Fsp3) is 0.333. The molecule has 2 amide bonds. The Bertz CT molecular complexity index is 515. The van der Waals surface area contributed by atoms with Crippen LogP contribution >= 0.6 is 24.2 Å². The molecule has 0 unspecified atom stereocenters. The number of para-hydroxylation sites is 1.